The van der Waals surface area contributed by atoms with E-state index in [9.17, 15) is 19.2 Å². The Balaban J connectivity index is 1.16. The highest BCUT2D eigenvalue weighted by Crippen LogP contribution is 2.43. The minimum atomic E-state index is -0.751. The summed E-state index contributed by atoms with van der Waals surface area (Å²) in [5.41, 5.74) is 1.16. The van der Waals surface area contributed by atoms with Crippen LogP contribution in [0.15, 0.2) is 66.7 Å². The number of hydrogen-bond donors (Lipinski definition) is 2. The van der Waals surface area contributed by atoms with Crippen molar-refractivity contribution in [2.75, 3.05) is 32.6 Å². The van der Waals surface area contributed by atoms with Crippen molar-refractivity contribution in [2.24, 2.45) is 0 Å². The van der Waals surface area contributed by atoms with Gasteiger partial charge in [0.2, 0.25) is 0 Å². The maximum atomic E-state index is 13.9. The molecule has 0 atom stereocenters. The molecule has 3 heterocycles. The standard InChI is InChI=1S/C33H31N3O7S/c1-34-32(40)35-29-27(22-9-6-10-26(41-2)28(22)44-29)30(38)36-15-13-33(14-16-36)18-24(37)23-17-21(11-12-25(23)43-33)31(39)42-19-20-7-4-3-5-8-20/h3-12,17H,13-16,18-19H2,1-2H3,(H2,34,35,40). The number of amides is 3. The number of carbonyl (C=O) groups is 4. The van der Waals surface area contributed by atoms with Gasteiger partial charge in [-0.3, -0.25) is 14.9 Å². The van der Waals surface area contributed by atoms with Gasteiger partial charge in [-0.2, -0.15) is 0 Å². The molecule has 1 saturated heterocycles. The molecule has 0 unspecified atom stereocenters. The first kappa shape index (κ1) is 29.2. The molecule has 11 heteroatoms. The average molecular weight is 614 g/mol. The van der Waals surface area contributed by atoms with Crippen molar-refractivity contribution >= 4 is 50.1 Å². The van der Waals surface area contributed by atoms with E-state index in [4.69, 9.17) is 14.2 Å². The van der Waals surface area contributed by atoms with Crippen LogP contribution >= 0.6 is 11.3 Å². The lowest BCUT2D eigenvalue weighted by atomic mass is 9.82. The first-order valence-electron chi connectivity index (χ1n) is 14.3. The van der Waals surface area contributed by atoms with Gasteiger partial charge in [0.15, 0.2) is 5.78 Å². The highest BCUT2D eigenvalue weighted by atomic mass is 32.1. The van der Waals surface area contributed by atoms with Gasteiger partial charge >= 0.3 is 12.0 Å². The number of nitrogens with zero attached hydrogens (tertiary/aromatic N) is 1. The van der Waals surface area contributed by atoms with Crippen molar-refractivity contribution in [1.29, 1.82) is 0 Å². The summed E-state index contributed by atoms with van der Waals surface area (Å²) in [6.45, 7) is 0.871. The molecule has 0 aliphatic carbocycles. The van der Waals surface area contributed by atoms with Crippen molar-refractivity contribution in [1.82, 2.24) is 10.2 Å². The number of piperidine rings is 1. The molecule has 10 nitrogen and oxygen atoms in total. The first-order valence-corrected chi connectivity index (χ1v) is 15.1. The third-order valence-corrected chi connectivity index (χ3v) is 9.20. The van der Waals surface area contributed by atoms with Crippen molar-refractivity contribution in [3.8, 4) is 11.5 Å². The number of rotatable bonds is 6. The minimum absolute atomic E-state index is 0.114. The zero-order chi connectivity index (χ0) is 30.8. The van der Waals surface area contributed by atoms with E-state index in [1.54, 1.807) is 24.1 Å². The fourth-order valence-electron chi connectivity index (χ4n) is 5.70. The molecule has 1 spiro atoms. The highest BCUT2D eigenvalue weighted by Gasteiger charge is 2.44. The number of Topliss-reactive ketones (excluding diaryl/α,β-unsaturated/α-hetero) is 1. The third-order valence-electron chi connectivity index (χ3n) is 8.07. The van der Waals surface area contributed by atoms with Gasteiger partial charge in [-0.1, -0.05) is 42.5 Å². The molecule has 6 rings (SSSR count). The van der Waals surface area contributed by atoms with Gasteiger partial charge in [0.25, 0.3) is 5.91 Å². The second-order valence-corrected chi connectivity index (χ2v) is 11.8. The van der Waals surface area contributed by atoms with E-state index < -0.39 is 17.6 Å². The van der Waals surface area contributed by atoms with Gasteiger partial charge in [0, 0.05) is 38.4 Å². The number of ether oxygens (including phenoxy) is 3. The van der Waals surface area contributed by atoms with Gasteiger partial charge in [-0.25, -0.2) is 9.59 Å². The van der Waals surface area contributed by atoms with Gasteiger partial charge < -0.3 is 24.4 Å². The fourth-order valence-corrected chi connectivity index (χ4v) is 6.88. The molecule has 2 N–H and O–H groups in total. The third kappa shape index (κ3) is 5.58. The number of hydrogen-bond acceptors (Lipinski definition) is 8. The first-order chi connectivity index (χ1) is 21.3. The van der Waals surface area contributed by atoms with E-state index in [1.165, 1.54) is 24.5 Å². The van der Waals surface area contributed by atoms with Crippen LogP contribution in [0.1, 0.15) is 55.9 Å². The minimum Gasteiger partial charge on any atom is -0.495 e. The molecule has 0 radical (unpaired) electrons. The molecular weight excluding hydrogens is 582 g/mol. The Kier molecular flexibility index (Phi) is 7.96. The van der Waals surface area contributed by atoms with Crippen LogP contribution < -0.4 is 20.1 Å². The zero-order valence-corrected chi connectivity index (χ0v) is 25.1. The quantitative estimate of drug-likeness (QED) is 0.269. The second kappa shape index (κ2) is 12.0. The molecule has 2 aliphatic rings. The van der Waals surface area contributed by atoms with Gasteiger partial charge in [0.1, 0.15) is 28.7 Å². The Morgan fingerprint density at radius 1 is 1.02 bits per heavy atom. The summed E-state index contributed by atoms with van der Waals surface area (Å²) < 4.78 is 18.1. The number of urea groups is 1. The predicted octanol–water partition coefficient (Wildman–Crippen LogP) is 5.66. The van der Waals surface area contributed by atoms with E-state index in [0.717, 1.165) is 10.3 Å². The summed E-state index contributed by atoms with van der Waals surface area (Å²) in [4.78, 5) is 53.9. The molecular formula is C33H31N3O7S. The van der Waals surface area contributed by atoms with E-state index in [0.29, 0.717) is 58.9 Å². The Morgan fingerprint density at radius 3 is 2.52 bits per heavy atom. The lowest BCUT2D eigenvalue weighted by Crippen LogP contribution is -2.52. The Labute approximate surface area is 257 Å². The number of likely N-dealkylation sites (tertiary alicyclic amines) is 1. The molecule has 1 fully saturated rings. The number of thiophene rings is 1. The van der Waals surface area contributed by atoms with E-state index in [1.807, 2.05) is 48.5 Å². The summed E-state index contributed by atoms with van der Waals surface area (Å²) in [5.74, 6) is 0.196. The van der Waals surface area contributed by atoms with Crippen LogP contribution in [0.3, 0.4) is 0 Å². The topological polar surface area (TPSA) is 123 Å². The van der Waals surface area contributed by atoms with Crippen molar-refractivity contribution in [2.45, 2.75) is 31.5 Å². The van der Waals surface area contributed by atoms with Crippen molar-refractivity contribution in [3.63, 3.8) is 0 Å². The summed E-state index contributed by atoms with van der Waals surface area (Å²) >= 11 is 1.28. The number of ketones is 1. The van der Waals surface area contributed by atoms with Gasteiger partial charge in [-0.15, -0.1) is 11.3 Å². The van der Waals surface area contributed by atoms with Crippen molar-refractivity contribution in [3.05, 3.63) is 89.0 Å². The monoisotopic (exact) mass is 613 g/mol. The maximum absolute atomic E-state index is 13.9. The molecule has 1 aromatic heterocycles. The molecule has 3 aromatic carbocycles. The highest BCUT2D eigenvalue weighted by molar-refractivity contribution is 7.23. The molecule has 0 bridgehead atoms. The average Bonchev–Trinajstić information content (AvgIpc) is 3.41. The van der Waals surface area contributed by atoms with Crippen LogP contribution in [-0.4, -0.2) is 61.4 Å². The molecule has 2 aliphatic heterocycles. The van der Waals surface area contributed by atoms with Crippen LogP contribution in [0.2, 0.25) is 0 Å². The maximum Gasteiger partial charge on any atom is 0.338 e. The zero-order valence-electron chi connectivity index (χ0n) is 24.3. The molecule has 0 saturated carbocycles. The number of anilines is 1. The van der Waals surface area contributed by atoms with Crippen molar-refractivity contribution < 1.29 is 33.4 Å². The largest absolute Gasteiger partial charge is 0.495 e. The Morgan fingerprint density at radius 2 is 1.80 bits per heavy atom. The smallest absolute Gasteiger partial charge is 0.338 e. The lowest BCUT2D eigenvalue weighted by Gasteiger charge is -2.44. The van der Waals surface area contributed by atoms with Gasteiger partial charge in [0.05, 0.1) is 34.9 Å². The summed E-state index contributed by atoms with van der Waals surface area (Å²) in [5, 5.41) is 6.45. The SMILES string of the molecule is CNC(=O)Nc1sc2c(OC)cccc2c1C(=O)N1CCC2(CC1)CC(=O)c1cc(C(=O)OCc3ccccc3)ccc1O2. The van der Waals surface area contributed by atoms with E-state index in [2.05, 4.69) is 10.6 Å². The van der Waals surface area contributed by atoms with Crippen LogP contribution in [0.25, 0.3) is 10.1 Å². The molecule has 3 amide bonds. The van der Waals surface area contributed by atoms with Crippen LogP contribution in [0.4, 0.5) is 9.80 Å². The summed E-state index contributed by atoms with van der Waals surface area (Å²) in [7, 11) is 3.07. The molecule has 4 aromatic rings. The number of benzene rings is 3. The van der Waals surface area contributed by atoms with Crippen LogP contribution in [0.5, 0.6) is 11.5 Å². The summed E-state index contributed by atoms with van der Waals surface area (Å²) in [6, 6.07) is 19.2. The number of nitrogens with one attached hydrogen (secondary N) is 2. The van der Waals surface area contributed by atoms with E-state index in [-0.39, 0.29) is 30.3 Å². The molecule has 226 valence electrons. The number of fused-ring (bicyclic) bond motifs is 2. The number of esters is 1. The predicted molar refractivity (Wildman–Crippen MR) is 166 cm³/mol. The van der Waals surface area contributed by atoms with E-state index >= 15 is 0 Å². The Bertz CT molecular complexity index is 1760. The second-order valence-electron chi connectivity index (χ2n) is 10.8. The van der Waals surface area contributed by atoms with Gasteiger partial charge in [-0.05, 0) is 29.8 Å². The van der Waals surface area contributed by atoms with Crippen LogP contribution in [-0.2, 0) is 11.3 Å². The normalized spacial score (nSPS) is 15.3. The lowest BCUT2D eigenvalue weighted by molar-refractivity contribution is -0.00563. The Hall–Kier alpha value is -4.90. The summed E-state index contributed by atoms with van der Waals surface area (Å²) in [6.07, 6.45) is 1.05. The number of carbonyl (C=O) groups excluding carboxylic acids is 4. The van der Waals surface area contributed by atoms with Crippen LogP contribution in [0, 0.1) is 0 Å². The number of methoxy groups -OCH3 is 1. The molecule has 44 heavy (non-hydrogen) atoms. The fraction of sp³-hybridized carbons (Fsp3) is 0.273.